The number of nitrogens with zero attached hydrogens (tertiary/aromatic N) is 2. The zero-order chi connectivity index (χ0) is 22.5. The first-order valence-electron chi connectivity index (χ1n) is 7.60. The molecule has 0 fully saturated rings. The third-order valence-electron chi connectivity index (χ3n) is 2.07. The molecule has 0 bridgehead atoms. The number of primary amides is 1. The van der Waals surface area contributed by atoms with Gasteiger partial charge in [-0.05, 0) is 24.9 Å². The third-order valence-corrected chi connectivity index (χ3v) is 3.98. The maximum Gasteiger partial charge on any atom is 0.375 e. The van der Waals surface area contributed by atoms with E-state index >= 15 is 0 Å². The van der Waals surface area contributed by atoms with Gasteiger partial charge in [-0.3, -0.25) is 32.3 Å². The van der Waals surface area contributed by atoms with Crippen LogP contribution >= 0.6 is 50.2 Å². The van der Waals surface area contributed by atoms with Crippen molar-refractivity contribution in [3.63, 3.8) is 0 Å². The van der Waals surface area contributed by atoms with Gasteiger partial charge in [0, 0.05) is 110 Å². The SMILES string of the molecule is C.CCOC(=O)C(=O)CBr.CCOC(=O)c1cs[c-]n1.ClCc1cs[c-]n1.N[C-]=O.[Y].[Y].[Y]. The van der Waals surface area contributed by atoms with E-state index in [4.69, 9.17) is 16.4 Å². The molecule has 2 heterocycles. The molecule has 3 radical (unpaired) electrons. The first-order chi connectivity index (χ1) is 13.9. The smallest absolute Gasteiger partial charge is 0.375 e. The van der Waals surface area contributed by atoms with Gasteiger partial charge >= 0.3 is 5.97 Å². The molecule has 2 aromatic rings. The molecular weight excluding hydrogens is 788 g/mol. The molecule has 2 rings (SSSR count). The first kappa shape index (κ1) is 47.6. The number of nitrogens with two attached hydrogens (primary N) is 1. The van der Waals surface area contributed by atoms with E-state index in [2.05, 4.69) is 52.1 Å². The minimum Gasteiger partial charge on any atom is -0.543 e. The molecular formula is C17H22BrClN3O6S2Y3-3. The van der Waals surface area contributed by atoms with Crippen LogP contribution in [0.5, 0.6) is 0 Å². The first-order valence-corrected chi connectivity index (χ1v) is 11.0. The van der Waals surface area contributed by atoms with E-state index in [-0.39, 0.29) is 123 Å². The van der Waals surface area contributed by atoms with E-state index in [0.29, 0.717) is 18.2 Å². The maximum atomic E-state index is 10.8. The van der Waals surface area contributed by atoms with Gasteiger partial charge in [-0.1, -0.05) is 29.1 Å². The van der Waals surface area contributed by atoms with Gasteiger partial charge in [0.25, 0.3) is 5.97 Å². The summed E-state index contributed by atoms with van der Waals surface area (Å²) in [5.41, 5.74) is 10.5. The van der Waals surface area contributed by atoms with Crippen LogP contribution in [0.1, 0.15) is 37.5 Å². The standard InChI is InChI=1S/C6H6NO2S.C5H7BrO3.C4H3ClNS.CH2NO.CH4.3Y/c1-2-9-6(8)5-3-10-4-7-5;1-2-9-5(8)4(7)3-6;5-1-4-2-7-3-6-4;2-1-3;;;;/h3H,2H2,1H3;2-3H2,1H3;2H,1H2;(H2,2,3);1H4;;;/q-1;;2*-1;;;;. The normalized spacial score (nSPS) is 7.52. The number of aromatic nitrogens is 2. The molecule has 0 saturated carbocycles. The minimum absolute atomic E-state index is 0. The second-order valence-electron chi connectivity index (χ2n) is 4.00. The average Bonchev–Trinajstić information content (AvgIpc) is 3.43. The summed E-state index contributed by atoms with van der Waals surface area (Å²) >= 11 is 10.9. The van der Waals surface area contributed by atoms with Crippen molar-refractivity contribution in [3.8, 4) is 0 Å². The third kappa shape index (κ3) is 29.5. The van der Waals surface area contributed by atoms with E-state index < -0.39 is 11.8 Å². The van der Waals surface area contributed by atoms with Crippen LogP contribution in [0.25, 0.3) is 0 Å². The molecule has 33 heavy (non-hydrogen) atoms. The Morgan fingerprint density at radius 1 is 1.09 bits per heavy atom. The topological polar surface area (TPSA) is 139 Å². The van der Waals surface area contributed by atoms with Gasteiger partial charge in [0.2, 0.25) is 5.78 Å². The van der Waals surface area contributed by atoms with Crippen molar-refractivity contribution >= 4 is 74.3 Å². The number of hydrogen-bond acceptors (Lipinski definition) is 10. The van der Waals surface area contributed by atoms with E-state index in [1.54, 1.807) is 19.2 Å². The van der Waals surface area contributed by atoms with Gasteiger partial charge in [0.1, 0.15) is 0 Å². The Hall–Kier alpha value is 1.42. The summed E-state index contributed by atoms with van der Waals surface area (Å²) in [6.45, 7) is 4.04. The number of esters is 2. The predicted molar refractivity (Wildman–Crippen MR) is 119 cm³/mol. The number of Topliss-reactive ketones (excluding diaryl/α,β-unsaturated/α-hetero) is 1. The Kier molecular flexibility index (Phi) is 51.3. The van der Waals surface area contributed by atoms with E-state index in [0.717, 1.165) is 12.1 Å². The van der Waals surface area contributed by atoms with E-state index in [9.17, 15) is 14.4 Å². The second-order valence-corrected chi connectivity index (χ2v) is 6.14. The Morgan fingerprint density at radius 3 is 1.88 bits per heavy atom. The van der Waals surface area contributed by atoms with Crippen LogP contribution in [0.4, 0.5) is 0 Å². The van der Waals surface area contributed by atoms with Crippen molar-refractivity contribution in [3.05, 3.63) is 33.2 Å². The largest absolute Gasteiger partial charge is 0.543 e. The van der Waals surface area contributed by atoms with Crippen LogP contribution < -0.4 is 5.73 Å². The van der Waals surface area contributed by atoms with Gasteiger partial charge in [0.15, 0.2) is 0 Å². The Balaban J connectivity index is -0.0000000745. The number of carbonyl (C=O) groups is 3. The number of ether oxygens (including phenoxy) is 2. The summed E-state index contributed by atoms with van der Waals surface area (Å²) in [5.74, 6) is -1.19. The maximum absolute atomic E-state index is 10.8. The van der Waals surface area contributed by atoms with Crippen molar-refractivity contribution in [2.45, 2.75) is 27.2 Å². The van der Waals surface area contributed by atoms with Gasteiger partial charge < -0.3 is 30.0 Å². The molecule has 0 aliphatic carbocycles. The number of ketones is 1. The second kappa shape index (κ2) is 35.6. The molecule has 0 aliphatic rings. The number of alkyl halides is 2. The van der Waals surface area contributed by atoms with Crippen LogP contribution in [-0.4, -0.2) is 52.6 Å². The molecule has 16 heteroatoms. The quantitative estimate of drug-likeness (QED) is 0.155. The summed E-state index contributed by atoms with van der Waals surface area (Å²) in [7, 11) is 0. The number of rotatable bonds is 6. The molecule has 179 valence electrons. The average molecular weight is 811 g/mol. The fourth-order valence-electron chi connectivity index (χ4n) is 1.02. The van der Waals surface area contributed by atoms with Gasteiger partial charge in [-0.2, -0.15) is 6.41 Å². The molecule has 0 aliphatic heterocycles. The van der Waals surface area contributed by atoms with Crippen molar-refractivity contribution < 1.29 is 127 Å². The molecule has 1 amide bonds. The Bertz CT molecular complexity index is 702. The van der Waals surface area contributed by atoms with E-state index in [1.807, 2.05) is 5.38 Å². The van der Waals surface area contributed by atoms with E-state index in [1.165, 1.54) is 22.7 Å². The number of halogens is 2. The molecule has 9 nitrogen and oxygen atoms in total. The van der Waals surface area contributed by atoms with Crippen LogP contribution in [0.15, 0.2) is 10.8 Å². The van der Waals surface area contributed by atoms with Crippen molar-refractivity contribution in [1.82, 2.24) is 9.97 Å². The van der Waals surface area contributed by atoms with Gasteiger partial charge in [-0.15, -0.1) is 22.4 Å². The molecule has 0 spiro atoms. The van der Waals surface area contributed by atoms with Crippen LogP contribution in [-0.2, 0) is 128 Å². The predicted octanol–water partition coefficient (Wildman–Crippen LogP) is 2.96. The summed E-state index contributed by atoms with van der Waals surface area (Å²) in [6.07, 6.45) is 1.00. The van der Waals surface area contributed by atoms with Gasteiger partial charge in [0.05, 0.1) is 18.5 Å². The van der Waals surface area contributed by atoms with Crippen molar-refractivity contribution in [2.24, 2.45) is 5.73 Å². The fraction of sp³-hybridized carbons (Fsp3) is 0.412. The Labute approximate surface area is 291 Å². The zero-order valence-electron chi connectivity index (χ0n) is 17.2. The minimum atomic E-state index is -0.769. The summed E-state index contributed by atoms with van der Waals surface area (Å²) in [4.78, 5) is 47.5. The molecule has 2 aromatic heterocycles. The zero-order valence-corrected chi connectivity index (χ0v) is 29.7. The number of carbonyl (C=O) groups excluding carboxylic acids is 4. The van der Waals surface area contributed by atoms with Crippen molar-refractivity contribution in [2.75, 3.05) is 18.5 Å². The molecule has 0 unspecified atom stereocenters. The number of amides is 1. The number of hydrogen-bond donors (Lipinski definition) is 1. The summed E-state index contributed by atoms with van der Waals surface area (Å²) in [5, 5.41) is 3.52. The summed E-state index contributed by atoms with van der Waals surface area (Å²) in [6, 6.07) is 0. The van der Waals surface area contributed by atoms with Crippen molar-refractivity contribution in [1.29, 1.82) is 0 Å². The number of thiazole rings is 2. The molecule has 0 atom stereocenters. The molecule has 0 saturated heterocycles. The monoisotopic (exact) mass is 809 g/mol. The van der Waals surface area contributed by atoms with Crippen LogP contribution in [0.3, 0.4) is 0 Å². The molecule has 2 N–H and O–H groups in total. The van der Waals surface area contributed by atoms with Crippen LogP contribution in [0.2, 0.25) is 0 Å². The summed E-state index contributed by atoms with van der Waals surface area (Å²) < 4.78 is 9.05. The van der Waals surface area contributed by atoms with Gasteiger partial charge in [-0.25, -0.2) is 4.79 Å². The fourth-order valence-corrected chi connectivity index (χ4v) is 2.43. The Morgan fingerprint density at radius 2 is 1.58 bits per heavy atom. The molecule has 0 aromatic carbocycles. The van der Waals surface area contributed by atoms with Crippen LogP contribution in [0, 0.1) is 11.0 Å².